The highest BCUT2D eigenvalue weighted by molar-refractivity contribution is 5.92. The number of oxazole rings is 1. The first-order valence-electron chi connectivity index (χ1n) is 10.8. The molecule has 2 aromatic carbocycles. The van der Waals surface area contributed by atoms with Crippen molar-refractivity contribution in [1.82, 2.24) is 15.0 Å². The zero-order valence-electron chi connectivity index (χ0n) is 17.7. The van der Waals surface area contributed by atoms with Crippen molar-refractivity contribution in [2.24, 2.45) is 0 Å². The zero-order valence-corrected chi connectivity index (χ0v) is 17.7. The van der Waals surface area contributed by atoms with Crippen molar-refractivity contribution in [2.45, 2.75) is 25.2 Å². The van der Waals surface area contributed by atoms with Crippen LogP contribution in [0.1, 0.15) is 46.5 Å². The smallest absolute Gasteiger partial charge is 0.292 e. The van der Waals surface area contributed by atoms with Crippen molar-refractivity contribution < 1.29 is 22.5 Å². The minimum Gasteiger partial charge on any atom is -0.445 e. The van der Waals surface area contributed by atoms with Crippen molar-refractivity contribution in [3.05, 3.63) is 95.4 Å². The quantitative estimate of drug-likeness (QED) is 0.418. The Morgan fingerprint density at radius 3 is 2.85 bits per heavy atom. The third-order valence-corrected chi connectivity index (χ3v) is 5.77. The summed E-state index contributed by atoms with van der Waals surface area (Å²) in [6.45, 7) is 0.996. The molecule has 6 nitrogen and oxygen atoms in total. The maximum absolute atomic E-state index is 14.0. The molecule has 3 heterocycles. The number of hydrogen-bond acceptors (Lipinski definition) is 5. The van der Waals surface area contributed by atoms with Gasteiger partial charge in [0, 0.05) is 31.1 Å². The molecule has 0 saturated carbocycles. The summed E-state index contributed by atoms with van der Waals surface area (Å²) in [6.07, 6.45) is 3.71. The molecule has 0 aliphatic carbocycles. The van der Waals surface area contributed by atoms with Crippen LogP contribution in [-0.2, 0) is 6.42 Å². The predicted octanol–water partition coefficient (Wildman–Crippen LogP) is 5.22. The first-order chi connectivity index (χ1) is 16.1. The van der Waals surface area contributed by atoms with Gasteiger partial charge in [-0.15, -0.1) is 0 Å². The molecule has 2 aromatic heterocycles. The molecule has 1 atom stereocenters. The second kappa shape index (κ2) is 8.97. The number of hydrogen-bond donors (Lipinski definition) is 0. The molecular weight excluding hydrogens is 428 g/mol. The number of likely N-dealkylation sites (tertiary alicyclic amines) is 1. The van der Waals surface area contributed by atoms with Crippen molar-refractivity contribution in [2.75, 3.05) is 13.1 Å². The molecule has 0 N–H and O–H groups in total. The lowest BCUT2D eigenvalue weighted by atomic mass is 9.97. The number of rotatable bonds is 5. The summed E-state index contributed by atoms with van der Waals surface area (Å²) in [6, 6.07) is 14.0. The van der Waals surface area contributed by atoms with E-state index in [1.807, 2.05) is 6.07 Å². The van der Waals surface area contributed by atoms with Crippen LogP contribution in [0.4, 0.5) is 8.78 Å². The Morgan fingerprint density at radius 2 is 2.00 bits per heavy atom. The fraction of sp³-hybridized carbons (Fsp3) is 0.240. The van der Waals surface area contributed by atoms with Crippen LogP contribution in [0, 0.1) is 11.6 Å². The largest absolute Gasteiger partial charge is 0.445 e. The second-order valence-electron chi connectivity index (χ2n) is 8.12. The summed E-state index contributed by atoms with van der Waals surface area (Å²) in [5.74, 6) is 0.180. The second-order valence-corrected chi connectivity index (χ2v) is 8.12. The van der Waals surface area contributed by atoms with Crippen LogP contribution in [0.2, 0.25) is 0 Å². The summed E-state index contributed by atoms with van der Waals surface area (Å²) < 4.78 is 38.6. The number of aromatic nitrogens is 2. The third kappa shape index (κ3) is 4.55. The Labute approximate surface area is 188 Å². The van der Waals surface area contributed by atoms with Gasteiger partial charge in [-0.1, -0.05) is 29.4 Å². The van der Waals surface area contributed by atoms with Crippen LogP contribution >= 0.6 is 0 Å². The molecule has 5 rings (SSSR count). The van der Waals surface area contributed by atoms with E-state index in [0.717, 1.165) is 18.4 Å². The highest BCUT2D eigenvalue weighted by atomic mass is 19.1. The van der Waals surface area contributed by atoms with Gasteiger partial charge in [0.15, 0.2) is 5.89 Å². The summed E-state index contributed by atoms with van der Waals surface area (Å²) in [5.41, 5.74) is 1.36. The summed E-state index contributed by atoms with van der Waals surface area (Å²) in [5, 5.41) is 3.87. The summed E-state index contributed by atoms with van der Waals surface area (Å²) in [7, 11) is 0. The number of carbonyl (C=O) groups excluding carboxylic acids is 1. The predicted molar refractivity (Wildman–Crippen MR) is 115 cm³/mol. The molecule has 33 heavy (non-hydrogen) atoms. The number of piperidine rings is 1. The molecule has 8 heteroatoms. The maximum Gasteiger partial charge on any atom is 0.292 e. The molecular formula is C25H21F2N3O3. The standard InChI is InChI=1S/C25H21F2N3O3/c26-18-7-3-5-16(11-18)12-19-14-28-24(32-19)17-6-4-10-30(15-17)25(31)23-13-22(29-33-23)20-8-1-2-9-21(20)27/h1-3,5,7-9,11,13-14,17H,4,6,10,12,15H2/t17-/m0/s1. The number of amides is 1. The Bertz CT molecular complexity index is 1280. The van der Waals surface area contributed by atoms with Gasteiger partial charge >= 0.3 is 0 Å². The van der Waals surface area contributed by atoms with Gasteiger partial charge in [0.2, 0.25) is 5.76 Å². The van der Waals surface area contributed by atoms with Crippen LogP contribution in [0.3, 0.4) is 0 Å². The van der Waals surface area contributed by atoms with Gasteiger partial charge in [-0.05, 0) is 42.7 Å². The first-order valence-corrected chi connectivity index (χ1v) is 10.8. The van der Waals surface area contributed by atoms with Crippen molar-refractivity contribution in [3.8, 4) is 11.3 Å². The fourth-order valence-electron chi connectivity index (χ4n) is 4.13. The van der Waals surface area contributed by atoms with E-state index in [9.17, 15) is 13.6 Å². The van der Waals surface area contributed by atoms with Crippen molar-refractivity contribution in [1.29, 1.82) is 0 Å². The van der Waals surface area contributed by atoms with Crippen LogP contribution in [0.15, 0.2) is 69.7 Å². The molecule has 0 radical (unpaired) electrons. The van der Waals surface area contributed by atoms with Crippen LogP contribution < -0.4 is 0 Å². The van der Waals surface area contributed by atoms with Crippen molar-refractivity contribution in [3.63, 3.8) is 0 Å². The average molecular weight is 449 g/mol. The van der Waals surface area contributed by atoms with E-state index in [-0.39, 0.29) is 34.7 Å². The van der Waals surface area contributed by atoms with Gasteiger partial charge in [0.1, 0.15) is 23.1 Å². The maximum atomic E-state index is 14.0. The SMILES string of the molecule is O=C(c1cc(-c2ccccc2F)no1)N1CCC[C@H](c2ncc(Cc3cccc(F)c3)o2)C1. The van der Waals surface area contributed by atoms with E-state index < -0.39 is 5.82 Å². The van der Waals surface area contributed by atoms with Crippen LogP contribution in [0.25, 0.3) is 11.3 Å². The monoisotopic (exact) mass is 449 g/mol. The Balaban J connectivity index is 1.27. The van der Waals surface area contributed by atoms with E-state index >= 15 is 0 Å². The van der Waals surface area contributed by atoms with E-state index in [0.29, 0.717) is 31.2 Å². The minimum absolute atomic E-state index is 0.0575. The van der Waals surface area contributed by atoms with Gasteiger partial charge in [0.25, 0.3) is 5.91 Å². The Kier molecular flexibility index (Phi) is 5.73. The molecule has 0 bridgehead atoms. The summed E-state index contributed by atoms with van der Waals surface area (Å²) >= 11 is 0. The fourth-order valence-corrected chi connectivity index (χ4v) is 4.13. The van der Waals surface area contributed by atoms with E-state index in [2.05, 4.69) is 10.1 Å². The van der Waals surface area contributed by atoms with Crippen molar-refractivity contribution >= 4 is 5.91 Å². The molecule has 1 aliphatic rings. The molecule has 1 amide bonds. The van der Waals surface area contributed by atoms with Gasteiger partial charge in [-0.25, -0.2) is 13.8 Å². The lowest BCUT2D eigenvalue weighted by Gasteiger charge is -2.30. The third-order valence-electron chi connectivity index (χ3n) is 5.77. The zero-order chi connectivity index (χ0) is 22.8. The molecule has 168 valence electrons. The van der Waals surface area contributed by atoms with Crippen LogP contribution in [0.5, 0.6) is 0 Å². The van der Waals surface area contributed by atoms with E-state index in [1.54, 1.807) is 35.4 Å². The topological polar surface area (TPSA) is 72.4 Å². The van der Waals surface area contributed by atoms with Gasteiger partial charge in [-0.2, -0.15) is 0 Å². The number of benzene rings is 2. The van der Waals surface area contributed by atoms with Gasteiger partial charge < -0.3 is 13.8 Å². The highest BCUT2D eigenvalue weighted by Gasteiger charge is 2.30. The van der Waals surface area contributed by atoms with Crippen LogP contribution in [-0.4, -0.2) is 34.0 Å². The lowest BCUT2D eigenvalue weighted by Crippen LogP contribution is -2.39. The number of carbonyl (C=O) groups is 1. The minimum atomic E-state index is -0.430. The number of nitrogens with zero attached hydrogens (tertiary/aromatic N) is 3. The summed E-state index contributed by atoms with van der Waals surface area (Å²) in [4.78, 5) is 19.1. The molecule has 4 aromatic rings. The average Bonchev–Trinajstić information content (AvgIpc) is 3.49. The molecule has 0 spiro atoms. The molecule has 1 aliphatic heterocycles. The van der Waals surface area contributed by atoms with Gasteiger partial charge in [0.05, 0.1) is 12.1 Å². The van der Waals surface area contributed by atoms with E-state index in [4.69, 9.17) is 8.94 Å². The highest BCUT2D eigenvalue weighted by Crippen LogP contribution is 2.29. The first kappa shape index (κ1) is 21.1. The molecule has 0 unspecified atom stereocenters. The Hall–Kier alpha value is -3.81. The normalized spacial score (nSPS) is 16.2. The number of halogens is 2. The lowest BCUT2D eigenvalue weighted by molar-refractivity contribution is 0.0656. The van der Waals surface area contributed by atoms with E-state index in [1.165, 1.54) is 24.3 Å². The molecule has 1 fully saturated rings. The van der Waals surface area contributed by atoms with Gasteiger partial charge in [-0.3, -0.25) is 4.79 Å². The Morgan fingerprint density at radius 1 is 1.12 bits per heavy atom. The molecule has 1 saturated heterocycles.